The summed E-state index contributed by atoms with van der Waals surface area (Å²) in [6, 6.07) is 1.17. The molecule has 2 N–H and O–H groups in total. The fraction of sp³-hybridized carbons (Fsp3) is 1.00. The van der Waals surface area contributed by atoms with E-state index >= 15 is 0 Å². The number of hydrogen-bond donors (Lipinski definition) is 2. The van der Waals surface area contributed by atoms with Gasteiger partial charge in [0.2, 0.25) is 0 Å². The molecule has 1 rings (SSSR count). The average Bonchev–Trinajstić information content (AvgIpc) is 2.51. The molecule has 1 saturated carbocycles. The molecule has 0 aromatic carbocycles. The van der Waals surface area contributed by atoms with Crippen LogP contribution in [0, 0.1) is 11.3 Å². The highest BCUT2D eigenvalue weighted by Gasteiger charge is 2.33. The fourth-order valence-corrected chi connectivity index (χ4v) is 2.61. The Hall–Kier alpha value is -0.0800. The minimum absolute atomic E-state index is 0.554. The number of hydrogen-bond acceptors (Lipinski definition) is 2. The Balaban J connectivity index is 2.18. The molecule has 2 nitrogen and oxygen atoms in total. The molecule has 1 aliphatic rings. The summed E-state index contributed by atoms with van der Waals surface area (Å²) < 4.78 is 0. The topological polar surface area (TPSA) is 24.1 Å². The predicted octanol–water partition coefficient (Wildman–Crippen LogP) is 2.79. The van der Waals surface area contributed by atoms with E-state index in [1.54, 1.807) is 0 Å². The molecule has 0 aromatic rings. The van der Waals surface area contributed by atoms with Gasteiger partial charge in [0.25, 0.3) is 0 Å². The summed E-state index contributed by atoms with van der Waals surface area (Å²) >= 11 is 0. The molecule has 2 unspecified atom stereocenters. The van der Waals surface area contributed by atoms with Crippen molar-refractivity contribution in [3.05, 3.63) is 0 Å². The van der Waals surface area contributed by atoms with Gasteiger partial charge in [-0.05, 0) is 37.6 Å². The van der Waals surface area contributed by atoms with Crippen LogP contribution in [-0.2, 0) is 0 Å². The summed E-state index contributed by atoms with van der Waals surface area (Å²) in [6.07, 6.45) is 4.22. The van der Waals surface area contributed by atoms with Crippen molar-refractivity contribution in [1.82, 2.24) is 10.6 Å². The van der Waals surface area contributed by atoms with Crippen LogP contribution in [0.2, 0.25) is 0 Å². The lowest BCUT2D eigenvalue weighted by molar-refractivity contribution is 0.244. The smallest absolute Gasteiger partial charge is 0.0164 e. The van der Waals surface area contributed by atoms with Gasteiger partial charge >= 0.3 is 0 Å². The van der Waals surface area contributed by atoms with Crippen molar-refractivity contribution >= 4 is 0 Å². The first kappa shape index (κ1) is 14.0. The standard InChI is InChI=1S/C14H30N2/c1-11(2)15-9-12(3)16-10-13-7-6-8-14(13,4)5/h11-13,15-16H,6-10H2,1-5H3. The molecule has 2 heteroatoms. The molecule has 1 aliphatic carbocycles. The van der Waals surface area contributed by atoms with Crippen molar-refractivity contribution in [3.63, 3.8) is 0 Å². The van der Waals surface area contributed by atoms with Gasteiger partial charge in [-0.3, -0.25) is 0 Å². The maximum atomic E-state index is 3.67. The van der Waals surface area contributed by atoms with E-state index in [9.17, 15) is 0 Å². The third-order valence-corrected chi connectivity index (χ3v) is 4.02. The van der Waals surface area contributed by atoms with Gasteiger partial charge in [0, 0.05) is 18.6 Å². The largest absolute Gasteiger partial charge is 0.313 e. The van der Waals surface area contributed by atoms with E-state index in [0.29, 0.717) is 17.5 Å². The van der Waals surface area contributed by atoms with Gasteiger partial charge in [0.15, 0.2) is 0 Å². The monoisotopic (exact) mass is 226 g/mol. The Morgan fingerprint density at radius 3 is 2.38 bits per heavy atom. The molecule has 1 fully saturated rings. The van der Waals surface area contributed by atoms with Crippen LogP contribution >= 0.6 is 0 Å². The van der Waals surface area contributed by atoms with Gasteiger partial charge in [0.05, 0.1) is 0 Å². The van der Waals surface area contributed by atoms with Gasteiger partial charge in [-0.1, -0.05) is 34.1 Å². The van der Waals surface area contributed by atoms with Crippen molar-refractivity contribution in [2.45, 2.75) is 66.0 Å². The highest BCUT2D eigenvalue weighted by atomic mass is 15.0. The number of rotatable bonds is 6. The lowest BCUT2D eigenvalue weighted by Gasteiger charge is -2.28. The first-order valence-electron chi connectivity index (χ1n) is 6.88. The summed E-state index contributed by atoms with van der Waals surface area (Å²) in [5, 5.41) is 7.15. The molecule has 2 atom stereocenters. The zero-order valence-electron chi connectivity index (χ0n) is 11.8. The summed E-state index contributed by atoms with van der Waals surface area (Å²) in [7, 11) is 0. The van der Waals surface area contributed by atoms with Crippen LogP contribution in [0.5, 0.6) is 0 Å². The molecule has 0 radical (unpaired) electrons. The Labute approximate surface area is 102 Å². The molecule has 0 aliphatic heterocycles. The second kappa shape index (κ2) is 6.02. The molecule has 0 amide bonds. The highest BCUT2D eigenvalue weighted by Crippen LogP contribution is 2.41. The summed E-state index contributed by atoms with van der Waals surface area (Å²) in [4.78, 5) is 0. The first-order valence-corrected chi connectivity index (χ1v) is 6.88. The van der Waals surface area contributed by atoms with E-state index in [2.05, 4.69) is 45.3 Å². The highest BCUT2D eigenvalue weighted by molar-refractivity contribution is 4.86. The minimum Gasteiger partial charge on any atom is -0.313 e. The summed E-state index contributed by atoms with van der Waals surface area (Å²) in [6.45, 7) is 13.8. The van der Waals surface area contributed by atoms with Crippen LogP contribution in [-0.4, -0.2) is 25.2 Å². The molecule has 0 spiro atoms. The predicted molar refractivity (Wildman–Crippen MR) is 71.7 cm³/mol. The van der Waals surface area contributed by atoms with E-state index in [1.165, 1.54) is 25.8 Å². The van der Waals surface area contributed by atoms with Crippen LogP contribution < -0.4 is 10.6 Å². The number of nitrogens with one attached hydrogen (secondary N) is 2. The van der Waals surface area contributed by atoms with Gasteiger partial charge in [-0.15, -0.1) is 0 Å². The molecule has 16 heavy (non-hydrogen) atoms. The second-order valence-electron chi connectivity index (χ2n) is 6.45. The summed E-state index contributed by atoms with van der Waals surface area (Å²) in [5.74, 6) is 0.869. The minimum atomic E-state index is 0.554. The Morgan fingerprint density at radius 2 is 1.88 bits per heavy atom. The molecule has 0 bridgehead atoms. The third kappa shape index (κ3) is 4.42. The Morgan fingerprint density at radius 1 is 1.19 bits per heavy atom. The third-order valence-electron chi connectivity index (χ3n) is 4.02. The zero-order chi connectivity index (χ0) is 12.2. The molecule has 0 aromatic heterocycles. The molecule has 0 heterocycles. The van der Waals surface area contributed by atoms with Crippen molar-refractivity contribution in [2.75, 3.05) is 13.1 Å². The Bertz CT molecular complexity index is 199. The van der Waals surface area contributed by atoms with Gasteiger partial charge < -0.3 is 10.6 Å². The van der Waals surface area contributed by atoms with E-state index in [-0.39, 0.29) is 0 Å². The van der Waals surface area contributed by atoms with Crippen molar-refractivity contribution in [3.8, 4) is 0 Å². The lowest BCUT2D eigenvalue weighted by atomic mass is 9.82. The maximum absolute atomic E-state index is 3.67. The van der Waals surface area contributed by atoms with Crippen LogP contribution in [0.1, 0.15) is 53.9 Å². The van der Waals surface area contributed by atoms with Gasteiger partial charge in [-0.2, -0.15) is 0 Å². The molecular weight excluding hydrogens is 196 g/mol. The maximum Gasteiger partial charge on any atom is 0.0164 e. The van der Waals surface area contributed by atoms with Gasteiger partial charge in [-0.25, -0.2) is 0 Å². The van der Waals surface area contributed by atoms with Gasteiger partial charge in [0.1, 0.15) is 0 Å². The van der Waals surface area contributed by atoms with Crippen LogP contribution in [0.3, 0.4) is 0 Å². The van der Waals surface area contributed by atoms with Crippen molar-refractivity contribution in [1.29, 1.82) is 0 Å². The average molecular weight is 226 g/mol. The van der Waals surface area contributed by atoms with Crippen molar-refractivity contribution < 1.29 is 0 Å². The van der Waals surface area contributed by atoms with Crippen LogP contribution in [0.4, 0.5) is 0 Å². The van der Waals surface area contributed by atoms with E-state index in [0.717, 1.165) is 12.5 Å². The van der Waals surface area contributed by atoms with Crippen LogP contribution in [0.15, 0.2) is 0 Å². The normalized spacial score (nSPS) is 26.2. The molecular formula is C14H30N2. The van der Waals surface area contributed by atoms with Crippen molar-refractivity contribution in [2.24, 2.45) is 11.3 Å². The van der Waals surface area contributed by atoms with E-state index in [1.807, 2.05) is 0 Å². The Kier molecular flexibility index (Phi) is 5.26. The first-order chi connectivity index (χ1) is 7.42. The lowest BCUT2D eigenvalue weighted by Crippen LogP contribution is -2.42. The quantitative estimate of drug-likeness (QED) is 0.728. The van der Waals surface area contributed by atoms with Crippen LogP contribution in [0.25, 0.3) is 0 Å². The second-order valence-corrected chi connectivity index (χ2v) is 6.45. The molecule has 96 valence electrons. The summed E-state index contributed by atoms with van der Waals surface area (Å²) in [5.41, 5.74) is 0.554. The SMILES string of the molecule is CC(C)NCC(C)NCC1CCCC1(C)C. The van der Waals surface area contributed by atoms with E-state index in [4.69, 9.17) is 0 Å². The fourth-order valence-electron chi connectivity index (χ4n) is 2.61. The molecule has 0 saturated heterocycles. The zero-order valence-corrected chi connectivity index (χ0v) is 11.8. The van der Waals surface area contributed by atoms with E-state index < -0.39 is 0 Å².